The van der Waals surface area contributed by atoms with Gasteiger partial charge in [-0.15, -0.1) is 0 Å². The third-order valence-corrected chi connectivity index (χ3v) is 4.51. The highest BCUT2D eigenvalue weighted by molar-refractivity contribution is 5.82. The van der Waals surface area contributed by atoms with Crippen molar-refractivity contribution in [3.05, 3.63) is 0 Å². The molecule has 2 aliphatic rings. The molecule has 0 spiro atoms. The molecule has 1 N–H and O–H groups in total. The lowest BCUT2D eigenvalue weighted by molar-refractivity contribution is -0.136. The normalized spacial score (nSPS) is 31.2. The molecule has 98 valence electrons. The monoisotopic (exact) mass is 238 g/mol. The summed E-state index contributed by atoms with van der Waals surface area (Å²) in [5.41, 5.74) is 0. The predicted molar refractivity (Wildman–Crippen MR) is 69.8 cm³/mol. The minimum Gasteiger partial charge on any atom is -0.341 e. The second-order valence-corrected chi connectivity index (χ2v) is 5.79. The quantitative estimate of drug-likeness (QED) is 0.799. The van der Waals surface area contributed by atoms with Crippen LogP contribution >= 0.6 is 0 Å². The van der Waals surface area contributed by atoms with Crippen molar-refractivity contribution in [1.29, 1.82) is 0 Å². The molecule has 0 aromatic rings. The zero-order valence-electron chi connectivity index (χ0n) is 11.2. The summed E-state index contributed by atoms with van der Waals surface area (Å²) in [6.07, 6.45) is 8.70. The van der Waals surface area contributed by atoms with E-state index in [0.717, 1.165) is 6.54 Å². The smallest absolute Gasteiger partial charge is 0.239 e. The Hall–Kier alpha value is -0.570. The number of carbonyl (C=O) groups is 1. The van der Waals surface area contributed by atoms with Crippen molar-refractivity contribution in [3.63, 3.8) is 0 Å². The van der Waals surface area contributed by atoms with Gasteiger partial charge >= 0.3 is 0 Å². The average Bonchev–Trinajstić information content (AvgIpc) is 2.39. The van der Waals surface area contributed by atoms with Crippen LogP contribution in [0.4, 0.5) is 0 Å². The molecule has 0 aromatic heterocycles. The summed E-state index contributed by atoms with van der Waals surface area (Å²) in [5.74, 6) is 0.811. The van der Waals surface area contributed by atoms with E-state index in [-0.39, 0.29) is 6.04 Å². The fourth-order valence-electron chi connectivity index (χ4n) is 3.25. The highest BCUT2D eigenvalue weighted by Crippen LogP contribution is 2.24. The van der Waals surface area contributed by atoms with E-state index in [1.807, 2.05) is 11.9 Å². The first-order chi connectivity index (χ1) is 8.20. The number of hydrogen-bond acceptors (Lipinski definition) is 2. The molecule has 2 unspecified atom stereocenters. The van der Waals surface area contributed by atoms with E-state index in [0.29, 0.717) is 17.9 Å². The van der Waals surface area contributed by atoms with Crippen LogP contribution in [0.15, 0.2) is 0 Å². The summed E-state index contributed by atoms with van der Waals surface area (Å²) in [6.45, 7) is 3.20. The van der Waals surface area contributed by atoms with Gasteiger partial charge in [-0.3, -0.25) is 4.79 Å². The summed E-state index contributed by atoms with van der Waals surface area (Å²) in [7, 11) is 2.00. The molecule has 1 heterocycles. The maximum atomic E-state index is 12.5. The van der Waals surface area contributed by atoms with Gasteiger partial charge in [-0.05, 0) is 38.1 Å². The maximum absolute atomic E-state index is 12.5. The Bertz CT molecular complexity index is 261. The fourth-order valence-corrected chi connectivity index (χ4v) is 3.25. The van der Waals surface area contributed by atoms with Crippen molar-refractivity contribution in [2.45, 2.75) is 64.0 Å². The molecule has 0 aromatic carbocycles. The standard InChI is InChI=1S/C14H26N2O/c1-11-7-6-10-15-13(11)14(17)16(2)12-8-4-3-5-9-12/h11-13,15H,3-10H2,1-2H3. The summed E-state index contributed by atoms with van der Waals surface area (Å²) < 4.78 is 0. The van der Waals surface area contributed by atoms with Gasteiger partial charge in [-0.25, -0.2) is 0 Å². The molecule has 0 bridgehead atoms. The molecule has 2 rings (SSSR count). The van der Waals surface area contributed by atoms with Gasteiger partial charge in [0.05, 0.1) is 6.04 Å². The summed E-state index contributed by atoms with van der Waals surface area (Å²) in [6, 6.07) is 0.558. The van der Waals surface area contributed by atoms with Crippen molar-refractivity contribution in [3.8, 4) is 0 Å². The molecule has 1 saturated heterocycles. The molecule has 1 saturated carbocycles. The summed E-state index contributed by atoms with van der Waals surface area (Å²) in [4.78, 5) is 14.5. The Morgan fingerprint density at radius 3 is 2.47 bits per heavy atom. The zero-order valence-corrected chi connectivity index (χ0v) is 11.2. The van der Waals surface area contributed by atoms with Crippen molar-refractivity contribution >= 4 is 5.91 Å². The van der Waals surface area contributed by atoms with E-state index >= 15 is 0 Å². The Kier molecular flexibility index (Phi) is 4.43. The van der Waals surface area contributed by atoms with Gasteiger partial charge in [-0.1, -0.05) is 26.2 Å². The number of amides is 1. The lowest BCUT2D eigenvalue weighted by Gasteiger charge is -2.37. The topological polar surface area (TPSA) is 32.3 Å². The minimum atomic E-state index is 0.0654. The molecular formula is C14H26N2O. The van der Waals surface area contributed by atoms with Gasteiger partial charge in [0.1, 0.15) is 0 Å². The molecule has 2 fully saturated rings. The number of nitrogens with one attached hydrogen (secondary N) is 1. The maximum Gasteiger partial charge on any atom is 0.239 e. The Balaban J connectivity index is 1.92. The van der Waals surface area contributed by atoms with E-state index < -0.39 is 0 Å². The second kappa shape index (κ2) is 5.85. The molecule has 1 amide bonds. The Morgan fingerprint density at radius 2 is 1.82 bits per heavy atom. The first-order valence-corrected chi connectivity index (χ1v) is 7.20. The third kappa shape index (κ3) is 3.01. The van der Waals surface area contributed by atoms with Crippen LogP contribution in [-0.2, 0) is 4.79 Å². The molecule has 3 nitrogen and oxygen atoms in total. The van der Waals surface area contributed by atoms with Gasteiger partial charge in [-0.2, -0.15) is 0 Å². The average molecular weight is 238 g/mol. The Labute approximate surface area is 105 Å². The Morgan fingerprint density at radius 1 is 1.12 bits per heavy atom. The van der Waals surface area contributed by atoms with Crippen molar-refractivity contribution < 1.29 is 4.79 Å². The fraction of sp³-hybridized carbons (Fsp3) is 0.929. The number of piperidine rings is 1. The first kappa shape index (κ1) is 12.9. The molecule has 3 heteroatoms. The summed E-state index contributed by atoms with van der Waals surface area (Å²) in [5, 5.41) is 3.40. The van der Waals surface area contributed by atoms with E-state index in [2.05, 4.69) is 12.2 Å². The van der Waals surface area contributed by atoms with Crippen LogP contribution in [-0.4, -0.2) is 36.5 Å². The van der Waals surface area contributed by atoms with Gasteiger partial charge < -0.3 is 10.2 Å². The molecule has 1 aliphatic carbocycles. The lowest BCUT2D eigenvalue weighted by atomic mass is 9.90. The van der Waals surface area contributed by atoms with Crippen LogP contribution in [0.25, 0.3) is 0 Å². The predicted octanol–water partition coefficient (Wildman–Crippen LogP) is 2.17. The molecule has 1 aliphatic heterocycles. The largest absolute Gasteiger partial charge is 0.341 e. The number of carbonyl (C=O) groups excluding carboxylic acids is 1. The van der Waals surface area contributed by atoms with E-state index in [4.69, 9.17) is 0 Å². The molecule has 0 radical (unpaired) electrons. The highest BCUT2D eigenvalue weighted by atomic mass is 16.2. The van der Waals surface area contributed by atoms with E-state index in [1.165, 1.54) is 44.9 Å². The van der Waals surface area contributed by atoms with Crippen LogP contribution in [0.5, 0.6) is 0 Å². The first-order valence-electron chi connectivity index (χ1n) is 7.20. The zero-order chi connectivity index (χ0) is 12.3. The van der Waals surface area contributed by atoms with Gasteiger partial charge in [0.2, 0.25) is 5.91 Å². The van der Waals surface area contributed by atoms with Crippen molar-refractivity contribution in [1.82, 2.24) is 10.2 Å². The minimum absolute atomic E-state index is 0.0654. The summed E-state index contributed by atoms with van der Waals surface area (Å²) >= 11 is 0. The molecular weight excluding hydrogens is 212 g/mol. The van der Waals surface area contributed by atoms with Gasteiger partial charge in [0.15, 0.2) is 0 Å². The van der Waals surface area contributed by atoms with Gasteiger partial charge in [0.25, 0.3) is 0 Å². The lowest BCUT2D eigenvalue weighted by Crippen LogP contribution is -2.53. The van der Waals surface area contributed by atoms with Gasteiger partial charge in [0, 0.05) is 13.1 Å². The van der Waals surface area contributed by atoms with Crippen LogP contribution in [0.1, 0.15) is 51.9 Å². The number of likely N-dealkylation sites (N-methyl/N-ethyl adjacent to an activating group) is 1. The van der Waals surface area contributed by atoms with Crippen molar-refractivity contribution in [2.75, 3.05) is 13.6 Å². The van der Waals surface area contributed by atoms with Crippen LogP contribution in [0.2, 0.25) is 0 Å². The number of nitrogens with zero attached hydrogens (tertiary/aromatic N) is 1. The third-order valence-electron chi connectivity index (χ3n) is 4.51. The SMILES string of the molecule is CC1CCCNC1C(=O)N(C)C1CCCCC1. The van der Waals surface area contributed by atoms with E-state index in [9.17, 15) is 4.79 Å². The number of rotatable bonds is 2. The van der Waals surface area contributed by atoms with Crippen LogP contribution in [0, 0.1) is 5.92 Å². The van der Waals surface area contributed by atoms with Crippen molar-refractivity contribution in [2.24, 2.45) is 5.92 Å². The van der Waals surface area contributed by atoms with E-state index in [1.54, 1.807) is 0 Å². The van der Waals surface area contributed by atoms with Crippen LogP contribution in [0.3, 0.4) is 0 Å². The van der Waals surface area contributed by atoms with Crippen LogP contribution < -0.4 is 5.32 Å². The molecule has 17 heavy (non-hydrogen) atoms. The number of hydrogen-bond donors (Lipinski definition) is 1. The molecule has 2 atom stereocenters. The highest BCUT2D eigenvalue weighted by Gasteiger charge is 2.32. The second-order valence-electron chi connectivity index (χ2n) is 5.79.